The van der Waals surface area contributed by atoms with Gasteiger partial charge in [-0.1, -0.05) is 61.5 Å². The number of likely N-dealkylation sites (tertiary alicyclic amines) is 1. The number of hydrogen-bond donors (Lipinski definition) is 0. The van der Waals surface area contributed by atoms with Crippen LogP contribution in [0.1, 0.15) is 38.2 Å². The van der Waals surface area contributed by atoms with Gasteiger partial charge in [0.2, 0.25) is 5.91 Å². The summed E-state index contributed by atoms with van der Waals surface area (Å²) in [6.07, 6.45) is 14.0. The number of carbonyl (C=O) groups excluding carboxylic acids is 1. The van der Waals surface area contributed by atoms with E-state index in [4.69, 9.17) is 5.10 Å². The van der Waals surface area contributed by atoms with E-state index in [1.165, 1.54) is 6.42 Å². The third kappa shape index (κ3) is 4.16. The van der Waals surface area contributed by atoms with Gasteiger partial charge in [-0.25, -0.2) is 4.52 Å². The zero-order valence-electron chi connectivity index (χ0n) is 16.9. The lowest BCUT2D eigenvalue weighted by molar-refractivity contribution is -0.129. The topological polar surface area (TPSA) is 37.6 Å². The molecule has 148 valence electrons. The zero-order valence-corrected chi connectivity index (χ0v) is 16.9. The molecule has 4 nitrogen and oxygen atoms in total. The van der Waals surface area contributed by atoms with E-state index in [2.05, 4.69) is 25.1 Å². The van der Waals surface area contributed by atoms with Crippen LogP contribution >= 0.6 is 0 Å². The van der Waals surface area contributed by atoms with Gasteiger partial charge in [-0.15, -0.1) is 0 Å². The molecule has 29 heavy (non-hydrogen) atoms. The van der Waals surface area contributed by atoms with E-state index in [0.717, 1.165) is 48.1 Å². The number of benzene rings is 1. The van der Waals surface area contributed by atoms with E-state index in [1.807, 2.05) is 64.2 Å². The molecule has 4 heteroatoms. The minimum atomic E-state index is 0.115. The maximum atomic E-state index is 12.6. The summed E-state index contributed by atoms with van der Waals surface area (Å²) in [4.78, 5) is 14.6. The normalized spacial score (nSPS) is 17.6. The molecular formula is C25H27N3O. The summed E-state index contributed by atoms with van der Waals surface area (Å²) >= 11 is 0. The Balaban J connectivity index is 1.58. The predicted octanol–water partition coefficient (Wildman–Crippen LogP) is 5.36. The van der Waals surface area contributed by atoms with Gasteiger partial charge in [-0.05, 0) is 37.8 Å². The number of piperidine rings is 1. The molecular weight excluding hydrogens is 358 g/mol. The molecule has 1 saturated heterocycles. The van der Waals surface area contributed by atoms with Crippen molar-refractivity contribution in [2.75, 3.05) is 6.54 Å². The Kier molecular flexibility index (Phi) is 5.89. The standard InChI is InChI=1S/C25H27N3O/c1-2-21-14-8-10-18-27(21)24(29)17-7-6-15-22-23-16-9-11-19-28(23)26-25(22)20-12-4-3-5-13-20/h3-7,9,11-13,15-17,19,21H,2,8,10,14,18H2,1H3. The highest BCUT2D eigenvalue weighted by molar-refractivity contribution is 5.89. The number of rotatable bonds is 5. The van der Waals surface area contributed by atoms with Crippen molar-refractivity contribution in [3.05, 3.63) is 78.5 Å². The summed E-state index contributed by atoms with van der Waals surface area (Å²) in [5.74, 6) is 0.115. The van der Waals surface area contributed by atoms with E-state index in [0.29, 0.717) is 6.04 Å². The molecule has 4 rings (SSSR count). The van der Waals surface area contributed by atoms with Crippen molar-refractivity contribution in [2.45, 2.75) is 38.6 Å². The highest BCUT2D eigenvalue weighted by Gasteiger charge is 2.23. The molecule has 0 spiro atoms. The molecule has 0 saturated carbocycles. The fourth-order valence-electron chi connectivity index (χ4n) is 4.09. The largest absolute Gasteiger partial charge is 0.336 e. The molecule has 1 aliphatic heterocycles. The van der Waals surface area contributed by atoms with E-state index < -0.39 is 0 Å². The minimum Gasteiger partial charge on any atom is -0.336 e. The van der Waals surface area contributed by atoms with Crippen LogP contribution in [0, 0.1) is 0 Å². The summed E-state index contributed by atoms with van der Waals surface area (Å²) < 4.78 is 1.90. The Bertz CT molecular complexity index is 1030. The number of pyridine rings is 1. The quantitative estimate of drug-likeness (QED) is 0.438. The van der Waals surface area contributed by atoms with Crippen LogP contribution in [0.5, 0.6) is 0 Å². The number of fused-ring (bicyclic) bond motifs is 1. The number of allylic oxidation sites excluding steroid dienone is 2. The van der Waals surface area contributed by atoms with Crippen LogP contribution in [0.4, 0.5) is 0 Å². The van der Waals surface area contributed by atoms with Crippen molar-refractivity contribution < 1.29 is 4.79 Å². The van der Waals surface area contributed by atoms with Crippen molar-refractivity contribution in [1.29, 1.82) is 0 Å². The average Bonchev–Trinajstić information content (AvgIpc) is 3.15. The van der Waals surface area contributed by atoms with Crippen LogP contribution in [0.25, 0.3) is 22.9 Å². The maximum Gasteiger partial charge on any atom is 0.246 e. The molecule has 1 aliphatic rings. The van der Waals surface area contributed by atoms with Gasteiger partial charge in [0.15, 0.2) is 0 Å². The van der Waals surface area contributed by atoms with Crippen molar-refractivity contribution >= 4 is 17.5 Å². The van der Waals surface area contributed by atoms with Gasteiger partial charge in [0.25, 0.3) is 0 Å². The Hall–Kier alpha value is -3.14. The minimum absolute atomic E-state index is 0.115. The van der Waals surface area contributed by atoms with Crippen LogP contribution in [-0.4, -0.2) is 33.0 Å². The molecule has 2 aromatic heterocycles. The molecule has 0 aliphatic carbocycles. The van der Waals surface area contributed by atoms with E-state index in [-0.39, 0.29) is 5.91 Å². The third-order valence-corrected chi connectivity index (χ3v) is 5.62. The van der Waals surface area contributed by atoms with Gasteiger partial charge in [0.1, 0.15) is 5.69 Å². The fourth-order valence-corrected chi connectivity index (χ4v) is 4.09. The van der Waals surface area contributed by atoms with E-state index in [1.54, 1.807) is 6.08 Å². The van der Waals surface area contributed by atoms with Gasteiger partial charge in [0.05, 0.1) is 5.52 Å². The van der Waals surface area contributed by atoms with Crippen LogP contribution in [0.3, 0.4) is 0 Å². The summed E-state index contributed by atoms with van der Waals surface area (Å²) in [7, 11) is 0. The van der Waals surface area contributed by atoms with Crippen LogP contribution in [0.15, 0.2) is 73.0 Å². The first-order chi connectivity index (χ1) is 14.3. The van der Waals surface area contributed by atoms with Gasteiger partial charge in [0, 0.05) is 36.0 Å². The van der Waals surface area contributed by atoms with Gasteiger partial charge >= 0.3 is 0 Å². The summed E-state index contributed by atoms with van der Waals surface area (Å²) in [5, 5.41) is 4.76. The van der Waals surface area contributed by atoms with Gasteiger partial charge in [-0.3, -0.25) is 4.79 Å². The van der Waals surface area contributed by atoms with Crippen LogP contribution in [-0.2, 0) is 4.79 Å². The second kappa shape index (κ2) is 8.91. The van der Waals surface area contributed by atoms with Gasteiger partial charge < -0.3 is 4.90 Å². The molecule has 0 radical (unpaired) electrons. The van der Waals surface area contributed by atoms with Crippen molar-refractivity contribution in [2.24, 2.45) is 0 Å². The molecule has 1 atom stereocenters. The zero-order chi connectivity index (χ0) is 20.1. The van der Waals surface area contributed by atoms with Crippen molar-refractivity contribution in [1.82, 2.24) is 14.5 Å². The van der Waals surface area contributed by atoms with Crippen molar-refractivity contribution in [3.8, 4) is 11.3 Å². The first kappa shape index (κ1) is 19.2. The Morgan fingerprint density at radius 1 is 1.10 bits per heavy atom. The van der Waals surface area contributed by atoms with E-state index >= 15 is 0 Å². The average molecular weight is 386 g/mol. The number of nitrogens with zero attached hydrogens (tertiary/aromatic N) is 3. The summed E-state index contributed by atoms with van der Waals surface area (Å²) in [6.45, 7) is 3.04. The molecule has 1 amide bonds. The lowest BCUT2D eigenvalue weighted by atomic mass is 10.00. The number of aromatic nitrogens is 2. The maximum absolute atomic E-state index is 12.6. The third-order valence-electron chi connectivity index (χ3n) is 5.62. The first-order valence-electron chi connectivity index (χ1n) is 10.5. The predicted molar refractivity (Wildman–Crippen MR) is 118 cm³/mol. The SMILES string of the molecule is CCC1CCCCN1C(=O)C=CC=Cc1c(-c2ccccc2)nn2ccccc12. The highest BCUT2D eigenvalue weighted by Crippen LogP contribution is 2.27. The lowest BCUT2D eigenvalue weighted by Gasteiger charge is -2.34. The smallest absolute Gasteiger partial charge is 0.246 e. The number of carbonyl (C=O) groups is 1. The second-order valence-corrected chi connectivity index (χ2v) is 7.47. The Morgan fingerprint density at radius 3 is 2.76 bits per heavy atom. The Morgan fingerprint density at radius 2 is 1.93 bits per heavy atom. The summed E-state index contributed by atoms with van der Waals surface area (Å²) in [6, 6.07) is 16.6. The lowest BCUT2D eigenvalue weighted by Crippen LogP contribution is -2.42. The van der Waals surface area contributed by atoms with Crippen LogP contribution < -0.4 is 0 Å². The molecule has 1 aromatic carbocycles. The fraction of sp³-hybridized carbons (Fsp3) is 0.280. The van der Waals surface area contributed by atoms with Gasteiger partial charge in [-0.2, -0.15) is 5.10 Å². The number of hydrogen-bond acceptors (Lipinski definition) is 2. The van der Waals surface area contributed by atoms with Crippen molar-refractivity contribution in [3.63, 3.8) is 0 Å². The molecule has 1 unspecified atom stereocenters. The molecule has 0 N–H and O–H groups in total. The summed E-state index contributed by atoms with van der Waals surface area (Å²) in [5.41, 5.74) is 4.12. The van der Waals surface area contributed by atoms with Crippen LogP contribution in [0.2, 0.25) is 0 Å². The Labute approximate surface area is 172 Å². The second-order valence-electron chi connectivity index (χ2n) is 7.47. The van der Waals surface area contributed by atoms with E-state index in [9.17, 15) is 4.79 Å². The first-order valence-corrected chi connectivity index (χ1v) is 10.5. The monoisotopic (exact) mass is 385 g/mol. The molecule has 3 heterocycles. The molecule has 3 aromatic rings. The molecule has 1 fully saturated rings. The molecule has 0 bridgehead atoms. The highest BCUT2D eigenvalue weighted by atomic mass is 16.2. The number of amides is 1.